The summed E-state index contributed by atoms with van der Waals surface area (Å²) >= 11 is 1.28. The number of unbranched alkanes of at least 4 members (excludes halogenated alkanes) is 1. The highest BCUT2D eigenvalue weighted by atomic mass is 32.2. The molecule has 0 unspecified atom stereocenters. The second-order valence-electron chi connectivity index (χ2n) is 5.24. The first-order valence-electron chi connectivity index (χ1n) is 7.85. The summed E-state index contributed by atoms with van der Waals surface area (Å²) in [6, 6.07) is 0. The molecule has 0 aliphatic rings. The normalized spacial score (nSPS) is 11.5. The molecule has 1 heterocycles. The third-order valence-electron chi connectivity index (χ3n) is 3.47. The minimum Gasteiger partial charge on any atom is -0.465 e. The number of ether oxygens (including phenoxy) is 1. The SMILES string of the molecule is CCC/C=C(/Nc1c(C)n(C)c(=O)n(C)c1=O)SCC(=O)OCC. The Balaban J connectivity index is 3.10. The van der Waals surface area contributed by atoms with Gasteiger partial charge in [-0.2, -0.15) is 0 Å². The second-order valence-corrected chi connectivity index (χ2v) is 6.26. The number of nitrogens with one attached hydrogen (secondary N) is 1. The van der Waals surface area contributed by atoms with Gasteiger partial charge in [-0.15, -0.1) is 0 Å². The van der Waals surface area contributed by atoms with Crippen molar-refractivity contribution in [1.29, 1.82) is 0 Å². The van der Waals surface area contributed by atoms with Crippen LogP contribution < -0.4 is 16.6 Å². The Morgan fingerprint density at radius 3 is 2.50 bits per heavy atom. The van der Waals surface area contributed by atoms with E-state index < -0.39 is 5.56 Å². The zero-order valence-electron chi connectivity index (χ0n) is 14.8. The molecule has 134 valence electrons. The molecule has 0 amide bonds. The lowest BCUT2D eigenvalue weighted by atomic mass is 10.3. The number of thioether (sulfide) groups is 1. The molecule has 0 aliphatic carbocycles. The van der Waals surface area contributed by atoms with Crippen molar-refractivity contribution in [1.82, 2.24) is 9.13 Å². The maximum Gasteiger partial charge on any atom is 0.330 e. The number of aromatic nitrogens is 2. The number of nitrogens with zero attached hydrogens (tertiary/aromatic N) is 2. The molecule has 0 radical (unpaired) electrons. The number of rotatable bonds is 8. The molecule has 24 heavy (non-hydrogen) atoms. The lowest BCUT2D eigenvalue weighted by Gasteiger charge is -2.15. The molecule has 1 N–H and O–H groups in total. The first-order chi connectivity index (χ1) is 11.3. The lowest BCUT2D eigenvalue weighted by molar-refractivity contribution is -0.139. The minimum atomic E-state index is -0.394. The molecule has 0 saturated carbocycles. The van der Waals surface area contributed by atoms with Gasteiger partial charge in [0.15, 0.2) is 0 Å². The first kappa shape index (κ1) is 20.1. The number of hydrogen-bond donors (Lipinski definition) is 1. The average Bonchev–Trinajstić information content (AvgIpc) is 2.57. The molecule has 0 aromatic carbocycles. The molecule has 0 fully saturated rings. The molecular weight excluding hydrogens is 330 g/mol. The summed E-state index contributed by atoms with van der Waals surface area (Å²) in [5.41, 5.74) is 0.108. The predicted molar refractivity (Wildman–Crippen MR) is 97.4 cm³/mol. The van der Waals surface area contributed by atoms with Crippen LogP contribution in [-0.2, 0) is 23.6 Å². The lowest BCUT2D eigenvalue weighted by Crippen LogP contribution is -2.39. The van der Waals surface area contributed by atoms with E-state index in [1.165, 1.54) is 23.4 Å². The van der Waals surface area contributed by atoms with Crippen LogP contribution in [0.4, 0.5) is 5.69 Å². The van der Waals surface area contributed by atoms with Crippen molar-refractivity contribution in [2.24, 2.45) is 14.1 Å². The van der Waals surface area contributed by atoms with Gasteiger partial charge in [0.1, 0.15) is 5.69 Å². The third-order valence-corrected chi connectivity index (χ3v) is 4.43. The summed E-state index contributed by atoms with van der Waals surface area (Å²) in [6.07, 6.45) is 3.69. The van der Waals surface area contributed by atoms with Gasteiger partial charge in [-0.3, -0.25) is 18.7 Å². The van der Waals surface area contributed by atoms with E-state index in [1.54, 1.807) is 20.9 Å². The minimum absolute atomic E-state index is 0.154. The first-order valence-corrected chi connectivity index (χ1v) is 8.84. The fourth-order valence-corrected chi connectivity index (χ4v) is 2.74. The van der Waals surface area contributed by atoms with E-state index in [0.717, 1.165) is 17.4 Å². The highest BCUT2D eigenvalue weighted by molar-refractivity contribution is 8.03. The number of carbonyl (C=O) groups is 1. The molecule has 1 rings (SSSR count). The average molecular weight is 355 g/mol. The van der Waals surface area contributed by atoms with Gasteiger partial charge in [-0.25, -0.2) is 4.79 Å². The Morgan fingerprint density at radius 1 is 1.25 bits per heavy atom. The third kappa shape index (κ3) is 5.02. The van der Waals surface area contributed by atoms with Crippen molar-refractivity contribution in [2.75, 3.05) is 17.7 Å². The largest absolute Gasteiger partial charge is 0.465 e. The van der Waals surface area contributed by atoms with E-state index in [1.807, 2.05) is 13.0 Å². The highest BCUT2D eigenvalue weighted by Crippen LogP contribution is 2.20. The van der Waals surface area contributed by atoms with E-state index in [2.05, 4.69) is 5.32 Å². The van der Waals surface area contributed by atoms with Gasteiger partial charge >= 0.3 is 11.7 Å². The fraction of sp³-hybridized carbons (Fsp3) is 0.562. The summed E-state index contributed by atoms with van der Waals surface area (Å²) in [5.74, 6) is -0.154. The van der Waals surface area contributed by atoms with Crippen molar-refractivity contribution >= 4 is 23.4 Å². The van der Waals surface area contributed by atoms with Gasteiger partial charge in [0.2, 0.25) is 0 Å². The summed E-state index contributed by atoms with van der Waals surface area (Å²) in [4.78, 5) is 35.8. The smallest absolute Gasteiger partial charge is 0.330 e. The molecule has 0 aliphatic heterocycles. The van der Waals surface area contributed by atoms with Crippen LogP contribution in [0.5, 0.6) is 0 Å². The van der Waals surface area contributed by atoms with Crippen LogP contribution in [0.15, 0.2) is 20.7 Å². The summed E-state index contributed by atoms with van der Waals surface area (Å²) in [5, 5.41) is 3.78. The molecule has 0 atom stereocenters. The van der Waals surface area contributed by atoms with E-state index in [9.17, 15) is 14.4 Å². The number of carbonyl (C=O) groups excluding carboxylic acids is 1. The molecular formula is C16H25N3O4S. The van der Waals surface area contributed by atoms with Crippen LogP contribution in [0.1, 0.15) is 32.4 Å². The van der Waals surface area contributed by atoms with E-state index >= 15 is 0 Å². The van der Waals surface area contributed by atoms with Gasteiger partial charge in [0, 0.05) is 19.8 Å². The van der Waals surface area contributed by atoms with Gasteiger partial charge in [-0.1, -0.05) is 31.2 Å². The Labute approximate surface area is 145 Å². The van der Waals surface area contributed by atoms with Crippen molar-refractivity contribution in [3.63, 3.8) is 0 Å². The zero-order chi connectivity index (χ0) is 18.3. The van der Waals surface area contributed by atoms with Crippen LogP contribution in [0, 0.1) is 6.92 Å². The standard InChI is InChI=1S/C16H25N3O4S/c1-6-8-9-12(24-10-13(20)23-7-2)17-14-11(3)18(4)16(22)19(5)15(14)21/h9,17H,6-8,10H2,1-5H3/b12-9-. The number of hydrogen-bond acceptors (Lipinski definition) is 6. The van der Waals surface area contributed by atoms with Crippen molar-refractivity contribution < 1.29 is 9.53 Å². The van der Waals surface area contributed by atoms with Gasteiger partial charge in [0.05, 0.1) is 17.4 Å². The molecule has 0 spiro atoms. The van der Waals surface area contributed by atoms with Crippen LogP contribution in [0.2, 0.25) is 0 Å². The fourth-order valence-electron chi connectivity index (χ4n) is 1.97. The molecule has 7 nitrogen and oxygen atoms in total. The molecule has 8 heteroatoms. The summed E-state index contributed by atoms with van der Waals surface area (Å²) in [6.45, 7) is 5.84. The maximum atomic E-state index is 12.4. The van der Waals surface area contributed by atoms with Crippen molar-refractivity contribution in [2.45, 2.75) is 33.6 Å². The van der Waals surface area contributed by atoms with Crippen LogP contribution in [0.3, 0.4) is 0 Å². The van der Waals surface area contributed by atoms with E-state index in [0.29, 0.717) is 23.0 Å². The van der Waals surface area contributed by atoms with Crippen LogP contribution in [-0.4, -0.2) is 27.5 Å². The molecule has 1 aromatic rings. The monoisotopic (exact) mass is 355 g/mol. The quantitative estimate of drug-likeness (QED) is 0.715. The number of allylic oxidation sites excluding steroid dienone is 1. The van der Waals surface area contributed by atoms with Gasteiger partial charge < -0.3 is 10.1 Å². The van der Waals surface area contributed by atoms with Crippen molar-refractivity contribution in [3.8, 4) is 0 Å². The Hall–Kier alpha value is -1.96. The maximum absolute atomic E-state index is 12.4. The zero-order valence-corrected chi connectivity index (χ0v) is 15.7. The molecule has 1 aromatic heterocycles. The Morgan fingerprint density at radius 2 is 1.92 bits per heavy atom. The highest BCUT2D eigenvalue weighted by Gasteiger charge is 2.14. The van der Waals surface area contributed by atoms with Gasteiger partial charge in [0.25, 0.3) is 5.56 Å². The number of esters is 1. The predicted octanol–water partition coefficient (Wildman–Crippen LogP) is 1.74. The topological polar surface area (TPSA) is 82.3 Å². The molecule has 0 bridgehead atoms. The summed E-state index contributed by atoms with van der Waals surface area (Å²) < 4.78 is 7.39. The Kier molecular flexibility index (Phi) is 7.84. The van der Waals surface area contributed by atoms with Gasteiger partial charge in [-0.05, 0) is 20.3 Å². The summed E-state index contributed by atoms with van der Waals surface area (Å²) in [7, 11) is 3.06. The van der Waals surface area contributed by atoms with Crippen LogP contribution >= 0.6 is 11.8 Å². The van der Waals surface area contributed by atoms with Crippen LogP contribution in [0.25, 0.3) is 0 Å². The second kappa shape index (κ2) is 9.36. The Bertz CT molecular complexity index is 734. The van der Waals surface area contributed by atoms with E-state index in [4.69, 9.17) is 4.74 Å². The number of anilines is 1. The van der Waals surface area contributed by atoms with Crippen molar-refractivity contribution in [3.05, 3.63) is 37.6 Å². The van der Waals surface area contributed by atoms with E-state index in [-0.39, 0.29) is 17.4 Å². The molecule has 0 saturated heterocycles.